The number of aryl methyl sites for hydroxylation is 1. The highest BCUT2D eigenvalue weighted by Gasteiger charge is 2.07. The van der Waals surface area contributed by atoms with Gasteiger partial charge in [-0.3, -0.25) is 4.79 Å². The SMILES string of the molecule is CC(=O)CCC(=O)c1ccc(Oc2ccc(C)cc2)cc1. The highest BCUT2D eigenvalue weighted by molar-refractivity contribution is 5.98. The van der Waals surface area contributed by atoms with Crippen molar-refractivity contribution in [2.45, 2.75) is 26.7 Å². The standard InChI is InChI=1S/C18H18O3/c1-13-3-8-16(9-4-13)21-17-10-6-15(7-11-17)18(20)12-5-14(2)19/h3-4,6-11H,5,12H2,1-2H3. The molecule has 2 aromatic rings. The van der Waals surface area contributed by atoms with Gasteiger partial charge >= 0.3 is 0 Å². The van der Waals surface area contributed by atoms with Crippen LogP contribution < -0.4 is 4.74 Å². The zero-order chi connectivity index (χ0) is 15.2. The molecule has 0 unspecified atom stereocenters. The molecule has 0 fully saturated rings. The van der Waals surface area contributed by atoms with Crippen LogP contribution in [0.5, 0.6) is 11.5 Å². The second kappa shape index (κ2) is 6.84. The van der Waals surface area contributed by atoms with Gasteiger partial charge in [-0.25, -0.2) is 0 Å². The topological polar surface area (TPSA) is 43.4 Å². The predicted octanol–water partition coefficient (Wildman–Crippen LogP) is 4.34. The number of Topliss-reactive ketones (excluding diaryl/α,β-unsaturated/α-hetero) is 2. The van der Waals surface area contributed by atoms with Crippen molar-refractivity contribution < 1.29 is 14.3 Å². The lowest BCUT2D eigenvalue weighted by Gasteiger charge is -2.07. The molecule has 0 aliphatic heterocycles. The zero-order valence-corrected chi connectivity index (χ0v) is 12.3. The predicted molar refractivity (Wildman–Crippen MR) is 81.9 cm³/mol. The molecule has 0 radical (unpaired) electrons. The van der Waals surface area contributed by atoms with Crippen molar-refractivity contribution in [2.24, 2.45) is 0 Å². The Morgan fingerprint density at radius 2 is 1.38 bits per heavy atom. The zero-order valence-electron chi connectivity index (χ0n) is 12.3. The summed E-state index contributed by atoms with van der Waals surface area (Å²) >= 11 is 0. The van der Waals surface area contributed by atoms with Gasteiger partial charge in [-0.2, -0.15) is 0 Å². The first-order chi connectivity index (χ1) is 10.0. The van der Waals surface area contributed by atoms with Crippen LogP contribution in [0.15, 0.2) is 48.5 Å². The van der Waals surface area contributed by atoms with E-state index in [4.69, 9.17) is 4.74 Å². The average molecular weight is 282 g/mol. The molecule has 0 N–H and O–H groups in total. The molecule has 0 amide bonds. The van der Waals surface area contributed by atoms with Gasteiger partial charge in [0.25, 0.3) is 0 Å². The number of rotatable bonds is 6. The fourth-order valence-corrected chi connectivity index (χ4v) is 1.89. The van der Waals surface area contributed by atoms with E-state index in [9.17, 15) is 9.59 Å². The van der Waals surface area contributed by atoms with Gasteiger partial charge in [0.2, 0.25) is 0 Å². The number of hydrogen-bond acceptors (Lipinski definition) is 3. The number of carbonyl (C=O) groups is 2. The van der Waals surface area contributed by atoms with Crippen LogP contribution in [-0.4, -0.2) is 11.6 Å². The minimum absolute atomic E-state index is 0.0212. The van der Waals surface area contributed by atoms with Crippen molar-refractivity contribution in [3.63, 3.8) is 0 Å². The quantitative estimate of drug-likeness (QED) is 0.740. The summed E-state index contributed by atoms with van der Waals surface area (Å²) in [6.07, 6.45) is 0.550. The Hall–Kier alpha value is -2.42. The highest BCUT2D eigenvalue weighted by atomic mass is 16.5. The molecule has 0 saturated carbocycles. The Bertz CT molecular complexity index is 625. The molecule has 0 aromatic heterocycles. The smallest absolute Gasteiger partial charge is 0.163 e. The fraction of sp³-hybridized carbons (Fsp3) is 0.222. The van der Waals surface area contributed by atoms with Gasteiger partial charge in [0.1, 0.15) is 17.3 Å². The van der Waals surface area contributed by atoms with Crippen molar-refractivity contribution >= 4 is 11.6 Å². The third-order valence-electron chi connectivity index (χ3n) is 3.14. The number of hydrogen-bond donors (Lipinski definition) is 0. The van der Waals surface area contributed by atoms with Crippen LogP contribution in [0.1, 0.15) is 35.7 Å². The summed E-state index contributed by atoms with van der Waals surface area (Å²) in [6.45, 7) is 3.51. The Balaban J connectivity index is 2.00. The van der Waals surface area contributed by atoms with Crippen LogP contribution in [0.4, 0.5) is 0 Å². The molecule has 0 aliphatic rings. The third kappa shape index (κ3) is 4.56. The molecule has 2 rings (SSSR count). The summed E-state index contributed by atoms with van der Waals surface area (Å²) in [5.41, 5.74) is 1.78. The lowest BCUT2D eigenvalue weighted by atomic mass is 10.1. The van der Waals surface area contributed by atoms with Crippen LogP contribution >= 0.6 is 0 Å². The van der Waals surface area contributed by atoms with Crippen LogP contribution in [0.2, 0.25) is 0 Å². The molecular weight excluding hydrogens is 264 g/mol. The minimum atomic E-state index is -0.0212. The van der Waals surface area contributed by atoms with Gasteiger partial charge in [0.05, 0.1) is 0 Å². The third-order valence-corrected chi connectivity index (χ3v) is 3.14. The summed E-state index contributed by atoms with van der Waals surface area (Å²) in [6, 6.07) is 14.8. The molecule has 21 heavy (non-hydrogen) atoms. The molecule has 108 valence electrons. The van der Waals surface area contributed by atoms with Crippen molar-refractivity contribution in [2.75, 3.05) is 0 Å². The Kier molecular flexibility index (Phi) is 4.88. The van der Waals surface area contributed by atoms with Crippen molar-refractivity contribution in [1.82, 2.24) is 0 Å². The summed E-state index contributed by atoms with van der Waals surface area (Å²) < 4.78 is 5.70. The number of carbonyl (C=O) groups excluding carboxylic acids is 2. The molecule has 3 heteroatoms. The molecule has 0 heterocycles. The van der Waals surface area contributed by atoms with Crippen LogP contribution in [0.25, 0.3) is 0 Å². The fourth-order valence-electron chi connectivity index (χ4n) is 1.89. The van der Waals surface area contributed by atoms with Gasteiger partial charge in [-0.05, 0) is 50.2 Å². The Labute approximate surface area is 124 Å². The molecule has 2 aromatic carbocycles. The van der Waals surface area contributed by atoms with Gasteiger partial charge in [-0.1, -0.05) is 17.7 Å². The Morgan fingerprint density at radius 3 is 1.90 bits per heavy atom. The van der Waals surface area contributed by atoms with Crippen LogP contribution in [-0.2, 0) is 4.79 Å². The number of benzene rings is 2. The van der Waals surface area contributed by atoms with E-state index in [-0.39, 0.29) is 18.0 Å². The van der Waals surface area contributed by atoms with Gasteiger partial charge in [0.15, 0.2) is 5.78 Å². The summed E-state index contributed by atoms with van der Waals surface area (Å²) in [5, 5.41) is 0. The van der Waals surface area contributed by atoms with E-state index in [1.165, 1.54) is 12.5 Å². The van der Waals surface area contributed by atoms with E-state index in [0.29, 0.717) is 17.7 Å². The molecule has 0 bridgehead atoms. The second-order valence-corrected chi connectivity index (χ2v) is 5.06. The van der Waals surface area contributed by atoms with Crippen LogP contribution in [0.3, 0.4) is 0 Å². The molecule has 3 nitrogen and oxygen atoms in total. The average Bonchev–Trinajstić information content (AvgIpc) is 2.48. The Morgan fingerprint density at radius 1 is 0.857 bits per heavy atom. The molecule has 0 aliphatic carbocycles. The van der Waals surface area contributed by atoms with Gasteiger partial charge in [0, 0.05) is 18.4 Å². The minimum Gasteiger partial charge on any atom is -0.457 e. The maximum Gasteiger partial charge on any atom is 0.163 e. The maximum atomic E-state index is 11.9. The maximum absolute atomic E-state index is 11.9. The first-order valence-corrected chi connectivity index (χ1v) is 6.92. The van der Waals surface area contributed by atoms with E-state index >= 15 is 0 Å². The summed E-state index contributed by atoms with van der Waals surface area (Å²) in [5.74, 6) is 1.45. The summed E-state index contributed by atoms with van der Waals surface area (Å²) in [7, 11) is 0. The van der Waals surface area contributed by atoms with E-state index < -0.39 is 0 Å². The second-order valence-electron chi connectivity index (χ2n) is 5.06. The van der Waals surface area contributed by atoms with Crippen molar-refractivity contribution in [3.8, 4) is 11.5 Å². The molecule has 0 spiro atoms. The first kappa shape index (κ1) is 15.0. The van der Waals surface area contributed by atoms with Crippen molar-refractivity contribution in [1.29, 1.82) is 0 Å². The monoisotopic (exact) mass is 282 g/mol. The normalized spacial score (nSPS) is 10.2. The highest BCUT2D eigenvalue weighted by Crippen LogP contribution is 2.22. The molecule has 0 atom stereocenters. The number of ketones is 2. The lowest BCUT2D eigenvalue weighted by Crippen LogP contribution is -2.02. The van der Waals surface area contributed by atoms with Gasteiger partial charge in [-0.15, -0.1) is 0 Å². The van der Waals surface area contributed by atoms with E-state index in [1.54, 1.807) is 24.3 Å². The van der Waals surface area contributed by atoms with Crippen LogP contribution in [0, 0.1) is 6.92 Å². The van der Waals surface area contributed by atoms with Gasteiger partial charge < -0.3 is 9.53 Å². The summed E-state index contributed by atoms with van der Waals surface area (Å²) in [4.78, 5) is 22.8. The largest absolute Gasteiger partial charge is 0.457 e. The lowest BCUT2D eigenvalue weighted by molar-refractivity contribution is -0.116. The van der Waals surface area contributed by atoms with E-state index in [2.05, 4.69) is 0 Å². The molecule has 0 saturated heterocycles. The van der Waals surface area contributed by atoms with Crippen molar-refractivity contribution in [3.05, 3.63) is 59.7 Å². The van der Waals surface area contributed by atoms with E-state index in [0.717, 1.165) is 5.75 Å². The van der Waals surface area contributed by atoms with E-state index in [1.807, 2.05) is 31.2 Å². The first-order valence-electron chi connectivity index (χ1n) is 6.92. The molecular formula is C18H18O3. The number of ether oxygens (including phenoxy) is 1.